The number of aliphatic hydroxyl groups excluding tert-OH is 2. The third-order valence-corrected chi connectivity index (χ3v) is 8.57. The van der Waals surface area contributed by atoms with Gasteiger partial charge in [0.25, 0.3) is 5.56 Å². The molecule has 0 unspecified atom stereocenters. The molecule has 3 saturated heterocycles. The molecule has 164 valence electrons. The molecule has 1 saturated carbocycles. The average Bonchev–Trinajstić information content (AvgIpc) is 3.04. The fourth-order valence-corrected chi connectivity index (χ4v) is 6.85. The van der Waals surface area contributed by atoms with Crippen LogP contribution in [0.2, 0.25) is 0 Å². The predicted octanol–water partition coefficient (Wildman–Crippen LogP) is -0.197. The number of nitrogens with zero attached hydrogens (tertiary/aromatic N) is 3. The number of piperidine rings is 1. The Kier molecular flexibility index (Phi) is 4.80. The third kappa shape index (κ3) is 3.26. The maximum atomic E-state index is 13.4. The Labute approximate surface area is 177 Å². The van der Waals surface area contributed by atoms with Gasteiger partial charge in [0.15, 0.2) is 0 Å². The van der Waals surface area contributed by atoms with Crippen molar-refractivity contribution in [2.75, 3.05) is 39.3 Å². The van der Waals surface area contributed by atoms with Crippen LogP contribution in [0.25, 0.3) is 0 Å². The van der Waals surface area contributed by atoms with E-state index < -0.39 is 12.2 Å². The molecule has 1 aromatic heterocycles. The van der Waals surface area contributed by atoms with E-state index in [4.69, 9.17) is 0 Å². The molecule has 3 N–H and O–H groups in total. The van der Waals surface area contributed by atoms with E-state index in [-0.39, 0.29) is 5.56 Å². The first-order valence-electron chi connectivity index (χ1n) is 11.8. The fourth-order valence-electron chi connectivity index (χ4n) is 6.85. The summed E-state index contributed by atoms with van der Waals surface area (Å²) < 4.78 is 2.08. The second-order valence-electron chi connectivity index (χ2n) is 10.6. The SMILES string of the molecule is O=c1c(CN2C[C@H]3C[C@H](O)[C@H](O)C[C@H]3C2)ccc2n1C[C@H]1C[C@@H]2CN(C2CNC2)C1. The zero-order chi connectivity index (χ0) is 20.4. The van der Waals surface area contributed by atoms with Gasteiger partial charge < -0.3 is 20.1 Å². The molecule has 0 radical (unpaired) electrons. The van der Waals surface area contributed by atoms with E-state index in [2.05, 4.69) is 31.8 Å². The average molecular weight is 415 g/mol. The second kappa shape index (κ2) is 7.41. The van der Waals surface area contributed by atoms with Crippen LogP contribution in [-0.2, 0) is 13.1 Å². The highest BCUT2D eigenvalue weighted by Gasteiger charge is 2.42. The molecular weight excluding hydrogens is 380 g/mol. The van der Waals surface area contributed by atoms with Crippen LogP contribution in [0.1, 0.15) is 36.4 Å². The van der Waals surface area contributed by atoms with Gasteiger partial charge in [0.05, 0.1) is 12.2 Å². The van der Waals surface area contributed by atoms with Crippen molar-refractivity contribution in [2.24, 2.45) is 17.8 Å². The van der Waals surface area contributed by atoms with Gasteiger partial charge >= 0.3 is 0 Å². The number of hydrogen-bond donors (Lipinski definition) is 3. The molecule has 5 heterocycles. The number of likely N-dealkylation sites (tertiary alicyclic amines) is 2. The number of aliphatic hydroxyl groups is 2. The Morgan fingerprint density at radius 1 is 0.933 bits per heavy atom. The lowest BCUT2D eigenvalue weighted by atomic mass is 9.79. The maximum absolute atomic E-state index is 13.4. The van der Waals surface area contributed by atoms with Crippen molar-refractivity contribution in [3.8, 4) is 0 Å². The van der Waals surface area contributed by atoms with Crippen molar-refractivity contribution in [3.63, 3.8) is 0 Å². The summed E-state index contributed by atoms with van der Waals surface area (Å²) in [6.45, 7) is 7.82. The Hall–Kier alpha value is -1.25. The molecule has 1 aromatic rings. The molecule has 4 aliphatic heterocycles. The van der Waals surface area contributed by atoms with Gasteiger partial charge in [0.2, 0.25) is 0 Å². The topological polar surface area (TPSA) is 81.0 Å². The Morgan fingerprint density at radius 3 is 2.33 bits per heavy atom. The highest BCUT2D eigenvalue weighted by molar-refractivity contribution is 5.23. The Balaban J connectivity index is 1.18. The number of hydrogen-bond acceptors (Lipinski definition) is 6. The van der Waals surface area contributed by atoms with Crippen molar-refractivity contribution in [1.29, 1.82) is 0 Å². The first kappa shape index (κ1) is 19.4. The van der Waals surface area contributed by atoms with Crippen LogP contribution in [0, 0.1) is 17.8 Å². The zero-order valence-electron chi connectivity index (χ0n) is 17.6. The van der Waals surface area contributed by atoms with Crippen molar-refractivity contribution >= 4 is 0 Å². The van der Waals surface area contributed by atoms with Crippen LogP contribution in [-0.4, -0.2) is 82.1 Å². The van der Waals surface area contributed by atoms with Gasteiger partial charge in [-0.3, -0.25) is 14.6 Å². The fraction of sp³-hybridized carbons (Fsp3) is 0.783. The summed E-state index contributed by atoms with van der Waals surface area (Å²) in [7, 11) is 0. The first-order chi connectivity index (χ1) is 14.5. The maximum Gasteiger partial charge on any atom is 0.255 e. The summed E-state index contributed by atoms with van der Waals surface area (Å²) in [5, 5.41) is 23.4. The van der Waals surface area contributed by atoms with E-state index in [1.807, 2.05) is 0 Å². The van der Waals surface area contributed by atoms with Crippen molar-refractivity contribution in [1.82, 2.24) is 19.7 Å². The summed E-state index contributed by atoms with van der Waals surface area (Å²) in [4.78, 5) is 18.4. The van der Waals surface area contributed by atoms with Gasteiger partial charge in [0.1, 0.15) is 0 Å². The highest BCUT2D eigenvalue weighted by atomic mass is 16.3. The zero-order valence-corrected chi connectivity index (χ0v) is 17.6. The summed E-state index contributed by atoms with van der Waals surface area (Å²) in [5.41, 5.74) is 2.34. The molecule has 1 aliphatic carbocycles. The van der Waals surface area contributed by atoms with Crippen LogP contribution < -0.4 is 10.9 Å². The van der Waals surface area contributed by atoms with Crippen LogP contribution in [0.4, 0.5) is 0 Å². The van der Waals surface area contributed by atoms with E-state index in [1.54, 1.807) is 0 Å². The minimum absolute atomic E-state index is 0.205. The molecule has 0 amide bonds. The standard InChI is InChI=1S/C23H34N4O3/c28-21-4-16-11-25(12-17(16)5-22(21)29)10-15-1-2-20-18-3-14(9-27(20)23(15)30)8-26(13-18)19-6-24-7-19/h1-2,14,16-19,21-22,24,28-29H,3-13H2/t14-,16-,17+,18+,21+,22-/m0/s1. The van der Waals surface area contributed by atoms with Gasteiger partial charge in [-0.05, 0) is 43.1 Å². The lowest BCUT2D eigenvalue weighted by molar-refractivity contribution is -0.0372. The highest BCUT2D eigenvalue weighted by Crippen LogP contribution is 2.38. The van der Waals surface area contributed by atoms with Gasteiger partial charge in [-0.2, -0.15) is 0 Å². The van der Waals surface area contributed by atoms with Crippen LogP contribution in [0.15, 0.2) is 16.9 Å². The number of nitrogens with one attached hydrogen (secondary N) is 1. The molecule has 4 fully saturated rings. The smallest absolute Gasteiger partial charge is 0.255 e. The summed E-state index contributed by atoms with van der Waals surface area (Å²) >= 11 is 0. The first-order valence-corrected chi connectivity index (χ1v) is 11.8. The van der Waals surface area contributed by atoms with Crippen molar-refractivity contribution in [3.05, 3.63) is 33.7 Å². The largest absolute Gasteiger partial charge is 0.390 e. The number of aromatic nitrogens is 1. The molecule has 7 heteroatoms. The van der Waals surface area contributed by atoms with E-state index in [9.17, 15) is 15.0 Å². The number of pyridine rings is 1. The molecule has 2 bridgehead atoms. The quantitative estimate of drug-likeness (QED) is 0.636. The Morgan fingerprint density at radius 2 is 1.67 bits per heavy atom. The van der Waals surface area contributed by atoms with Gasteiger partial charge in [-0.1, -0.05) is 6.07 Å². The van der Waals surface area contributed by atoms with Crippen molar-refractivity contribution < 1.29 is 10.2 Å². The molecular formula is C23H34N4O3. The van der Waals surface area contributed by atoms with E-state index in [0.717, 1.165) is 51.4 Å². The molecule has 0 aromatic carbocycles. The molecule has 6 atom stereocenters. The summed E-state index contributed by atoms with van der Waals surface area (Å²) in [5.74, 6) is 1.95. The third-order valence-electron chi connectivity index (χ3n) is 8.57. The molecule has 0 spiro atoms. The van der Waals surface area contributed by atoms with E-state index in [1.165, 1.54) is 12.1 Å². The summed E-state index contributed by atoms with van der Waals surface area (Å²) in [6.07, 6.45) is 1.41. The Bertz CT molecular complexity index is 850. The minimum Gasteiger partial charge on any atom is -0.390 e. The number of fused-ring (bicyclic) bond motifs is 5. The summed E-state index contributed by atoms with van der Waals surface area (Å²) in [6, 6.07) is 4.98. The molecule has 30 heavy (non-hydrogen) atoms. The van der Waals surface area contributed by atoms with Crippen molar-refractivity contribution in [2.45, 2.75) is 56.5 Å². The monoisotopic (exact) mass is 414 g/mol. The van der Waals surface area contributed by atoms with Crippen LogP contribution in [0.5, 0.6) is 0 Å². The molecule has 6 rings (SSSR count). The minimum atomic E-state index is -0.588. The van der Waals surface area contributed by atoms with Crippen LogP contribution >= 0.6 is 0 Å². The second-order valence-corrected chi connectivity index (χ2v) is 10.6. The van der Waals surface area contributed by atoms with Gasteiger partial charge in [-0.15, -0.1) is 0 Å². The lowest BCUT2D eigenvalue weighted by Gasteiger charge is -2.48. The molecule has 5 aliphatic rings. The van der Waals surface area contributed by atoms with E-state index >= 15 is 0 Å². The van der Waals surface area contributed by atoms with Crippen LogP contribution in [0.3, 0.4) is 0 Å². The lowest BCUT2D eigenvalue weighted by Crippen LogP contribution is -2.61. The van der Waals surface area contributed by atoms with E-state index in [0.29, 0.717) is 49.1 Å². The van der Waals surface area contributed by atoms with Gasteiger partial charge in [-0.25, -0.2) is 0 Å². The normalized spacial score (nSPS) is 39.4. The predicted molar refractivity (Wildman–Crippen MR) is 113 cm³/mol. The number of rotatable bonds is 3. The molecule has 7 nitrogen and oxygen atoms in total. The van der Waals surface area contributed by atoms with Gasteiger partial charge in [0, 0.05) is 75.6 Å².